The van der Waals surface area contributed by atoms with Crippen molar-refractivity contribution in [2.45, 2.75) is 45.2 Å². The van der Waals surface area contributed by atoms with E-state index < -0.39 is 0 Å². The number of guanidine groups is 1. The van der Waals surface area contributed by atoms with Crippen molar-refractivity contribution in [2.24, 2.45) is 4.99 Å². The molecule has 0 amide bonds. The number of ether oxygens (including phenoxy) is 1. The van der Waals surface area contributed by atoms with E-state index in [9.17, 15) is 0 Å². The molecule has 7 heteroatoms. The molecule has 2 saturated heterocycles. The summed E-state index contributed by atoms with van der Waals surface area (Å²) in [6.45, 7) is 12.3. The average Bonchev–Trinajstić information content (AvgIpc) is 3.17. The highest BCUT2D eigenvalue weighted by Crippen LogP contribution is 2.27. The molecule has 158 valence electrons. The molecule has 2 unspecified atom stereocenters. The molecule has 1 aromatic heterocycles. The molecule has 2 atom stereocenters. The summed E-state index contributed by atoms with van der Waals surface area (Å²) < 4.78 is 5.56. The number of hydrogen-bond donors (Lipinski definition) is 2. The molecule has 28 heavy (non-hydrogen) atoms. The van der Waals surface area contributed by atoms with Crippen LogP contribution in [0.2, 0.25) is 0 Å². The fourth-order valence-corrected chi connectivity index (χ4v) is 5.28. The van der Waals surface area contributed by atoms with Gasteiger partial charge in [-0.15, -0.1) is 11.3 Å². The van der Waals surface area contributed by atoms with Gasteiger partial charge in [-0.25, -0.2) is 0 Å². The fraction of sp³-hybridized carbons (Fsp3) is 0.762. The van der Waals surface area contributed by atoms with E-state index in [0.717, 1.165) is 51.9 Å². The summed E-state index contributed by atoms with van der Waals surface area (Å²) in [4.78, 5) is 12.4. The van der Waals surface area contributed by atoms with Crippen LogP contribution in [0.25, 0.3) is 0 Å². The summed E-state index contributed by atoms with van der Waals surface area (Å²) in [5.74, 6) is 0.910. The predicted molar refractivity (Wildman–Crippen MR) is 118 cm³/mol. The fourth-order valence-electron chi connectivity index (χ4n) is 4.27. The van der Waals surface area contributed by atoms with Crippen molar-refractivity contribution in [2.75, 3.05) is 59.5 Å². The molecule has 2 aliphatic heterocycles. The van der Waals surface area contributed by atoms with Crippen LogP contribution in [0.15, 0.2) is 17.1 Å². The number of likely N-dealkylation sites (N-methyl/N-ethyl adjacent to an activating group) is 1. The first-order valence-corrected chi connectivity index (χ1v) is 11.6. The van der Waals surface area contributed by atoms with Crippen LogP contribution in [0.5, 0.6) is 0 Å². The van der Waals surface area contributed by atoms with Crippen LogP contribution in [0.4, 0.5) is 0 Å². The van der Waals surface area contributed by atoms with Crippen LogP contribution in [-0.4, -0.2) is 81.3 Å². The number of hydrogen-bond acceptors (Lipinski definition) is 5. The van der Waals surface area contributed by atoms with Crippen molar-refractivity contribution in [3.8, 4) is 0 Å². The molecular weight excluding hydrogens is 370 g/mol. The molecule has 0 radical (unpaired) electrons. The molecule has 2 fully saturated rings. The normalized spacial score (nSPS) is 23.5. The lowest BCUT2D eigenvalue weighted by Crippen LogP contribution is -2.50. The Morgan fingerprint density at radius 1 is 1.25 bits per heavy atom. The van der Waals surface area contributed by atoms with Gasteiger partial charge in [0.05, 0.1) is 19.3 Å². The average molecular weight is 408 g/mol. The SMILES string of the molecule is CCN1CCCCC1CNC(=NC)NCC(c1ccc(C)s1)N1CCOCC1. The second kappa shape index (κ2) is 11.1. The lowest BCUT2D eigenvalue weighted by atomic mass is 10.0. The second-order valence-corrected chi connectivity index (χ2v) is 9.04. The summed E-state index contributed by atoms with van der Waals surface area (Å²) in [7, 11) is 1.87. The van der Waals surface area contributed by atoms with E-state index in [-0.39, 0.29) is 0 Å². The molecule has 3 rings (SSSR count). The number of aliphatic imine (C=N–C) groups is 1. The van der Waals surface area contributed by atoms with Gasteiger partial charge in [-0.2, -0.15) is 0 Å². The minimum atomic E-state index is 0.364. The van der Waals surface area contributed by atoms with Crippen molar-refractivity contribution >= 4 is 17.3 Å². The van der Waals surface area contributed by atoms with Gasteiger partial charge in [0.25, 0.3) is 0 Å². The van der Waals surface area contributed by atoms with Crippen LogP contribution in [0.1, 0.15) is 42.0 Å². The number of rotatable bonds is 7. The minimum Gasteiger partial charge on any atom is -0.379 e. The zero-order valence-corrected chi connectivity index (χ0v) is 18.6. The van der Waals surface area contributed by atoms with Crippen molar-refractivity contribution in [1.29, 1.82) is 0 Å². The van der Waals surface area contributed by atoms with Crippen LogP contribution in [-0.2, 0) is 4.74 Å². The molecule has 0 aliphatic carbocycles. The van der Waals surface area contributed by atoms with Gasteiger partial charge in [0.15, 0.2) is 5.96 Å². The Balaban J connectivity index is 1.56. The monoisotopic (exact) mass is 407 g/mol. The first-order chi connectivity index (χ1) is 13.7. The standard InChI is InChI=1S/C21H37N5OS/c1-4-25-10-6-5-7-18(25)15-23-21(22-3)24-16-19(20-9-8-17(2)28-20)26-11-13-27-14-12-26/h8-9,18-19H,4-7,10-16H2,1-3H3,(H2,22,23,24). The maximum absolute atomic E-state index is 5.56. The maximum atomic E-state index is 5.56. The third-order valence-electron chi connectivity index (χ3n) is 5.92. The van der Waals surface area contributed by atoms with Gasteiger partial charge in [-0.05, 0) is 45.0 Å². The van der Waals surface area contributed by atoms with Gasteiger partial charge in [0.2, 0.25) is 0 Å². The van der Waals surface area contributed by atoms with Crippen LogP contribution >= 0.6 is 11.3 Å². The highest BCUT2D eigenvalue weighted by Gasteiger charge is 2.25. The largest absolute Gasteiger partial charge is 0.379 e. The Bertz CT molecular complexity index is 614. The Kier molecular flexibility index (Phi) is 8.58. The topological polar surface area (TPSA) is 52.1 Å². The summed E-state index contributed by atoms with van der Waals surface area (Å²) in [5.41, 5.74) is 0. The van der Waals surface area contributed by atoms with E-state index in [1.165, 1.54) is 35.6 Å². The molecule has 0 spiro atoms. The third kappa shape index (κ3) is 5.92. The van der Waals surface area contributed by atoms with Gasteiger partial charge in [-0.1, -0.05) is 13.3 Å². The Morgan fingerprint density at radius 2 is 2.07 bits per heavy atom. The quantitative estimate of drug-likeness (QED) is 0.537. The molecule has 2 aliphatic rings. The summed E-state index contributed by atoms with van der Waals surface area (Å²) >= 11 is 1.90. The first kappa shape index (κ1) is 21.6. The van der Waals surface area contributed by atoms with Gasteiger partial charge in [0, 0.05) is 49.0 Å². The Hall–Kier alpha value is -1.15. The van der Waals surface area contributed by atoms with Gasteiger partial charge >= 0.3 is 0 Å². The molecule has 6 nitrogen and oxygen atoms in total. The van der Waals surface area contributed by atoms with Crippen molar-refractivity contribution < 1.29 is 4.74 Å². The summed E-state index contributed by atoms with van der Waals surface area (Å²) in [6.07, 6.45) is 3.95. The molecule has 0 bridgehead atoms. The number of aryl methyl sites for hydroxylation is 1. The summed E-state index contributed by atoms with van der Waals surface area (Å²) in [6, 6.07) is 5.48. The highest BCUT2D eigenvalue weighted by molar-refractivity contribution is 7.12. The lowest BCUT2D eigenvalue weighted by molar-refractivity contribution is 0.0177. The van der Waals surface area contributed by atoms with Crippen LogP contribution in [0, 0.1) is 6.92 Å². The molecule has 0 saturated carbocycles. The van der Waals surface area contributed by atoms with Gasteiger partial charge < -0.3 is 15.4 Å². The number of nitrogens with one attached hydrogen (secondary N) is 2. The van der Waals surface area contributed by atoms with Crippen molar-refractivity contribution in [3.63, 3.8) is 0 Å². The zero-order chi connectivity index (χ0) is 19.8. The predicted octanol–water partition coefficient (Wildman–Crippen LogP) is 2.47. The molecule has 0 aromatic carbocycles. The lowest BCUT2D eigenvalue weighted by Gasteiger charge is -2.36. The Labute approximate surface area is 174 Å². The van der Waals surface area contributed by atoms with E-state index in [4.69, 9.17) is 4.74 Å². The number of piperidine rings is 1. The maximum Gasteiger partial charge on any atom is 0.191 e. The second-order valence-electron chi connectivity index (χ2n) is 7.72. The first-order valence-electron chi connectivity index (χ1n) is 10.8. The third-order valence-corrected chi connectivity index (χ3v) is 7.02. The van der Waals surface area contributed by atoms with E-state index in [2.05, 4.69) is 51.4 Å². The molecule has 3 heterocycles. The van der Waals surface area contributed by atoms with E-state index in [0.29, 0.717) is 12.1 Å². The molecule has 2 N–H and O–H groups in total. The van der Waals surface area contributed by atoms with E-state index in [1.54, 1.807) is 0 Å². The number of morpholine rings is 1. The van der Waals surface area contributed by atoms with Crippen LogP contribution in [0.3, 0.4) is 0 Å². The minimum absolute atomic E-state index is 0.364. The summed E-state index contributed by atoms with van der Waals surface area (Å²) in [5, 5.41) is 7.17. The number of nitrogens with zero attached hydrogens (tertiary/aromatic N) is 3. The van der Waals surface area contributed by atoms with Crippen LogP contribution < -0.4 is 10.6 Å². The number of likely N-dealkylation sites (tertiary alicyclic amines) is 1. The van der Waals surface area contributed by atoms with E-state index in [1.807, 2.05) is 18.4 Å². The van der Waals surface area contributed by atoms with Crippen molar-refractivity contribution in [3.05, 3.63) is 21.9 Å². The zero-order valence-electron chi connectivity index (χ0n) is 17.7. The smallest absolute Gasteiger partial charge is 0.191 e. The van der Waals surface area contributed by atoms with Gasteiger partial charge in [0.1, 0.15) is 0 Å². The number of thiophene rings is 1. The Morgan fingerprint density at radius 3 is 2.75 bits per heavy atom. The van der Waals surface area contributed by atoms with Gasteiger partial charge in [-0.3, -0.25) is 14.8 Å². The van der Waals surface area contributed by atoms with E-state index >= 15 is 0 Å². The molecule has 1 aromatic rings. The molecular formula is C21H37N5OS. The van der Waals surface area contributed by atoms with Crippen molar-refractivity contribution in [1.82, 2.24) is 20.4 Å². The highest BCUT2D eigenvalue weighted by atomic mass is 32.1.